The number of pyridine rings is 2. The van der Waals surface area contributed by atoms with Crippen LogP contribution in [0.4, 0.5) is 0 Å². The number of hydrogen-bond acceptors (Lipinski definition) is 4. The molecular formula is C11H3BrCl4N2O2. The molecule has 0 N–H and O–H groups in total. The molecule has 0 fully saturated rings. The lowest BCUT2D eigenvalue weighted by molar-refractivity contribution is 0.0727. The molecule has 0 radical (unpaired) electrons. The van der Waals surface area contributed by atoms with Gasteiger partial charge in [0.1, 0.15) is 9.76 Å². The van der Waals surface area contributed by atoms with E-state index in [0.29, 0.717) is 4.60 Å². The number of esters is 1. The number of halogens is 5. The van der Waals surface area contributed by atoms with Gasteiger partial charge in [-0.1, -0.05) is 46.4 Å². The highest BCUT2D eigenvalue weighted by molar-refractivity contribution is 9.10. The molecule has 0 saturated carbocycles. The second-order valence-electron chi connectivity index (χ2n) is 3.38. The minimum absolute atomic E-state index is 0.0301. The van der Waals surface area contributed by atoms with Crippen molar-refractivity contribution in [3.63, 3.8) is 0 Å². The Labute approximate surface area is 142 Å². The SMILES string of the molecule is O=C(Oc1cccnc1Br)c1nc(Cl)c(Cl)c(Cl)c1Cl. The van der Waals surface area contributed by atoms with Crippen LogP contribution in [0.5, 0.6) is 5.75 Å². The summed E-state index contributed by atoms with van der Waals surface area (Å²) in [5.74, 6) is -0.623. The molecule has 0 bridgehead atoms. The minimum Gasteiger partial charge on any atom is -0.419 e. The molecule has 0 aliphatic heterocycles. The number of hydrogen-bond donors (Lipinski definition) is 0. The zero-order valence-corrected chi connectivity index (χ0v) is 13.9. The maximum atomic E-state index is 12.0. The maximum absolute atomic E-state index is 12.0. The maximum Gasteiger partial charge on any atom is 0.364 e. The summed E-state index contributed by atoms with van der Waals surface area (Å²) in [5.41, 5.74) is -0.234. The van der Waals surface area contributed by atoms with Gasteiger partial charge < -0.3 is 4.74 Å². The van der Waals surface area contributed by atoms with E-state index in [0.717, 1.165) is 0 Å². The van der Waals surface area contributed by atoms with Crippen LogP contribution in [0.25, 0.3) is 0 Å². The summed E-state index contributed by atoms with van der Waals surface area (Å²) < 4.78 is 5.46. The minimum atomic E-state index is -0.829. The molecule has 0 atom stereocenters. The molecule has 2 heterocycles. The molecule has 104 valence electrons. The van der Waals surface area contributed by atoms with Gasteiger partial charge in [0.25, 0.3) is 0 Å². The van der Waals surface area contributed by atoms with Crippen LogP contribution in [0.2, 0.25) is 20.2 Å². The number of carbonyl (C=O) groups is 1. The molecule has 9 heteroatoms. The zero-order valence-electron chi connectivity index (χ0n) is 9.33. The standard InChI is InChI=1S/C11H3BrCl4N2O2/c12-9-4(2-1-3-17-9)20-11(19)8-6(14)5(13)7(15)10(16)18-8/h1-3H. The molecule has 2 aromatic heterocycles. The number of ether oxygens (including phenoxy) is 1. The van der Waals surface area contributed by atoms with Crippen molar-refractivity contribution in [2.45, 2.75) is 0 Å². The van der Waals surface area contributed by atoms with Gasteiger partial charge in [0.2, 0.25) is 0 Å². The summed E-state index contributed by atoms with van der Waals surface area (Å²) in [6.45, 7) is 0. The Morgan fingerprint density at radius 2 is 1.85 bits per heavy atom. The summed E-state index contributed by atoms with van der Waals surface area (Å²) in [5, 5.41) is -0.368. The highest BCUT2D eigenvalue weighted by atomic mass is 79.9. The van der Waals surface area contributed by atoms with Gasteiger partial charge in [-0.25, -0.2) is 14.8 Å². The van der Waals surface area contributed by atoms with Crippen molar-refractivity contribution >= 4 is 68.3 Å². The third kappa shape index (κ3) is 3.18. The second-order valence-corrected chi connectivity index (χ2v) is 5.62. The lowest BCUT2D eigenvalue weighted by atomic mass is 10.3. The first-order valence-corrected chi connectivity index (χ1v) is 7.25. The van der Waals surface area contributed by atoms with Crippen LogP contribution in [0.3, 0.4) is 0 Å². The van der Waals surface area contributed by atoms with Gasteiger partial charge in [-0.05, 0) is 28.1 Å². The summed E-state index contributed by atoms with van der Waals surface area (Å²) in [4.78, 5) is 19.7. The molecule has 20 heavy (non-hydrogen) atoms. The van der Waals surface area contributed by atoms with E-state index in [1.54, 1.807) is 12.1 Å². The monoisotopic (exact) mass is 414 g/mol. The predicted octanol–water partition coefficient (Wildman–Crippen LogP) is 5.07. The molecular weight excluding hydrogens is 414 g/mol. The summed E-state index contributed by atoms with van der Waals surface area (Å²) in [6.07, 6.45) is 1.53. The van der Waals surface area contributed by atoms with E-state index in [1.807, 2.05) is 0 Å². The molecule has 0 spiro atoms. The molecule has 0 saturated heterocycles. The first kappa shape index (κ1) is 15.8. The Hall–Kier alpha value is -0.590. The lowest BCUT2D eigenvalue weighted by Crippen LogP contribution is -2.12. The fraction of sp³-hybridized carbons (Fsp3) is 0. The second kappa shape index (κ2) is 6.45. The van der Waals surface area contributed by atoms with E-state index >= 15 is 0 Å². The quantitative estimate of drug-likeness (QED) is 0.506. The van der Waals surface area contributed by atoms with Crippen molar-refractivity contribution in [3.05, 3.63) is 48.8 Å². The Morgan fingerprint density at radius 1 is 1.15 bits per heavy atom. The van der Waals surface area contributed by atoms with E-state index in [-0.39, 0.29) is 31.7 Å². The predicted molar refractivity (Wildman–Crippen MR) is 81.2 cm³/mol. The van der Waals surface area contributed by atoms with Crippen molar-refractivity contribution in [1.82, 2.24) is 9.97 Å². The molecule has 0 unspecified atom stereocenters. The first-order valence-electron chi connectivity index (χ1n) is 4.94. The highest BCUT2D eigenvalue weighted by Gasteiger charge is 2.22. The number of rotatable bonds is 2. The van der Waals surface area contributed by atoms with Gasteiger partial charge in [-0.2, -0.15) is 0 Å². The molecule has 0 aliphatic carbocycles. The third-order valence-electron chi connectivity index (χ3n) is 2.11. The molecule has 0 amide bonds. The van der Waals surface area contributed by atoms with Crippen LogP contribution in [-0.4, -0.2) is 15.9 Å². The average molecular weight is 417 g/mol. The largest absolute Gasteiger partial charge is 0.419 e. The molecule has 4 nitrogen and oxygen atoms in total. The van der Waals surface area contributed by atoms with Crippen LogP contribution in [0.1, 0.15) is 10.5 Å². The van der Waals surface area contributed by atoms with E-state index in [9.17, 15) is 4.79 Å². The first-order chi connectivity index (χ1) is 9.41. The molecule has 0 aromatic carbocycles. The topological polar surface area (TPSA) is 52.1 Å². The van der Waals surface area contributed by atoms with Crippen molar-refractivity contribution in [2.24, 2.45) is 0 Å². The fourth-order valence-electron chi connectivity index (χ4n) is 1.22. The molecule has 2 aromatic rings. The summed E-state index contributed by atoms with van der Waals surface area (Å²) in [7, 11) is 0. The van der Waals surface area contributed by atoms with Gasteiger partial charge in [-0.3, -0.25) is 0 Å². The van der Waals surface area contributed by atoms with Gasteiger partial charge in [0.05, 0.1) is 15.1 Å². The van der Waals surface area contributed by atoms with Crippen LogP contribution >= 0.6 is 62.3 Å². The van der Waals surface area contributed by atoms with Crippen LogP contribution in [0, 0.1) is 0 Å². The third-order valence-corrected chi connectivity index (χ3v) is 4.38. The van der Waals surface area contributed by atoms with Crippen molar-refractivity contribution in [1.29, 1.82) is 0 Å². The van der Waals surface area contributed by atoms with E-state index in [2.05, 4.69) is 25.9 Å². The van der Waals surface area contributed by atoms with E-state index < -0.39 is 5.97 Å². The van der Waals surface area contributed by atoms with Crippen LogP contribution < -0.4 is 4.74 Å². The Kier molecular flexibility index (Phi) is 5.09. The number of carbonyl (C=O) groups excluding carboxylic acids is 1. The molecule has 0 aliphatic rings. The number of aromatic nitrogens is 2. The average Bonchev–Trinajstić information content (AvgIpc) is 2.43. The lowest BCUT2D eigenvalue weighted by Gasteiger charge is -2.08. The summed E-state index contributed by atoms with van der Waals surface area (Å²) in [6, 6.07) is 3.15. The van der Waals surface area contributed by atoms with Gasteiger partial charge >= 0.3 is 5.97 Å². The Morgan fingerprint density at radius 3 is 2.50 bits per heavy atom. The van der Waals surface area contributed by atoms with E-state index in [1.165, 1.54) is 6.20 Å². The van der Waals surface area contributed by atoms with Crippen LogP contribution in [-0.2, 0) is 0 Å². The van der Waals surface area contributed by atoms with Gasteiger partial charge in [0, 0.05) is 6.20 Å². The Balaban J connectivity index is 2.38. The zero-order chi connectivity index (χ0) is 14.9. The smallest absolute Gasteiger partial charge is 0.364 e. The van der Waals surface area contributed by atoms with Crippen molar-refractivity contribution in [2.75, 3.05) is 0 Å². The fourth-order valence-corrected chi connectivity index (χ4v) is 2.35. The highest BCUT2D eigenvalue weighted by Crippen LogP contribution is 2.36. The number of nitrogens with zero attached hydrogens (tertiary/aromatic N) is 2. The van der Waals surface area contributed by atoms with Crippen molar-refractivity contribution in [3.8, 4) is 5.75 Å². The van der Waals surface area contributed by atoms with E-state index in [4.69, 9.17) is 51.1 Å². The van der Waals surface area contributed by atoms with Gasteiger partial charge in [-0.15, -0.1) is 0 Å². The van der Waals surface area contributed by atoms with Gasteiger partial charge in [0.15, 0.2) is 11.4 Å². The molecule has 2 rings (SSSR count). The summed E-state index contributed by atoms with van der Waals surface area (Å²) >= 11 is 26.4. The normalized spacial score (nSPS) is 10.4. The van der Waals surface area contributed by atoms with Crippen LogP contribution in [0.15, 0.2) is 22.9 Å². The Bertz CT molecular complexity index is 696. The van der Waals surface area contributed by atoms with Crippen molar-refractivity contribution < 1.29 is 9.53 Å².